The zero-order valence-electron chi connectivity index (χ0n) is 17.6. The van der Waals surface area contributed by atoms with Gasteiger partial charge in [0.1, 0.15) is 11.0 Å². The first-order valence-electron chi connectivity index (χ1n) is 10.2. The number of carbonyl (C=O) groups is 1. The van der Waals surface area contributed by atoms with Gasteiger partial charge in [-0.05, 0) is 37.6 Å². The molecule has 0 saturated carbocycles. The van der Waals surface area contributed by atoms with E-state index >= 15 is 0 Å². The van der Waals surface area contributed by atoms with E-state index in [0.717, 1.165) is 31.1 Å². The second-order valence-corrected chi connectivity index (χ2v) is 9.68. The number of piperazine rings is 1. The van der Waals surface area contributed by atoms with Gasteiger partial charge in [-0.3, -0.25) is 9.48 Å². The number of sulfonamides is 1. The molecule has 0 unspecified atom stereocenters. The molecule has 0 N–H and O–H groups in total. The topological polar surface area (TPSA) is 75.5 Å². The van der Waals surface area contributed by atoms with Gasteiger partial charge in [0.05, 0.1) is 10.6 Å². The van der Waals surface area contributed by atoms with E-state index in [4.69, 9.17) is 11.6 Å². The number of unbranched alkanes of at least 4 members (excludes halogenated alkanes) is 1. The SMILES string of the molecule is CCCCn1nc(C)c(/C=C/C(=O)N2CCN(S(=O)(=O)c3cccc(F)c3)CC2)c1Cl. The summed E-state index contributed by atoms with van der Waals surface area (Å²) in [6, 6.07) is 4.93. The third-order valence-corrected chi connectivity index (χ3v) is 7.50. The molecule has 2 aromatic rings. The van der Waals surface area contributed by atoms with Crippen LogP contribution >= 0.6 is 11.6 Å². The molecule has 1 amide bonds. The predicted molar refractivity (Wildman–Crippen MR) is 118 cm³/mol. The Labute approximate surface area is 187 Å². The minimum Gasteiger partial charge on any atom is -0.337 e. The molecule has 168 valence electrons. The van der Waals surface area contributed by atoms with Gasteiger partial charge in [0.25, 0.3) is 0 Å². The maximum Gasteiger partial charge on any atom is 0.246 e. The number of hydrogen-bond acceptors (Lipinski definition) is 4. The van der Waals surface area contributed by atoms with Gasteiger partial charge in [-0.1, -0.05) is 31.0 Å². The minimum atomic E-state index is -3.80. The van der Waals surface area contributed by atoms with Crippen LogP contribution < -0.4 is 0 Å². The zero-order chi connectivity index (χ0) is 22.6. The Balaban J connectivity index is 1.63. The first kappa shape index (κ1) is 23.4. The molecule has 1 aromatic carbocycles. The highest BCUT2D eigenvalue weighted by Crippen LogP contribution is 2.22. The van der Waals surface area contributed by atoms with E-state index in [1.165, 1.54) is 28.6 Å². The summed E-state index contributed by atoms with van der Waals surface area (Å²) in [6.07, 6.45) is 5.09. The summed E-state index contributed by atoms with van der Waals surface area (Å²) in [4.78, 5) is 14.1. The van der Waals surface area contributed by atoms with Crippen molar-refractivity contribution in [1.82, 2.24) is 19.0 Å². The van der Waals surface area contributed by atoms with Crippen LogP contribution in [0.5, 0.6) is 0 Å². The van der Waals surface area contributed by atoms with Gasteiger partial charge in [0.15, 0.2) is 0 Å². The number of rotatable bonds is 7. The summed E-state index contributed by atoms with van der Waals surface area (Å²) in [7, 11) is -3.80. The lowest BCUT2D eigenvalue weighted by molar-refractivity contribution is -0.127. The summed E-state index contributed by atoms with van der Waals surface area (Å²) < 4.78 is 41.8. The van der Waals surface area contributed by atoms with Crippen LogP contribution in [0.3, 0.4) is 0 Å². The lowest BCUT2D eigenvalue weighted by Gasteiger charge is -2.33. The van der Waals surface area contributed by atoms with Crippen molar-refractivity contribution in [2.75, 3.05) is 26.2 Å². The van der Waals surface area contributed by atoms with E-state index in [2.05, 4.69) is 12.0 Å². The Morgan fingerprint density at radius 2 is 1.97 bits per heavy atom. The number of nitrogens with zero attached hydrogens (tertiary/aromatic N) is 4. The standard InChI is InChI=1S/C21H26ClFN4O3S/c1-3-4-10-27-21(22)19(16(2)24-27)8-9-20(28)25-11-13-26(14-12-25)31(29,30)18-7-5-6-17(23)15-18/h5-9,15H,3-4,10-14H2,1-2H3/b9-8+. The second kappa shape index (κ2) is 9.93. The molecule has 2 heterocycles. The van der Waals surface area contributed by atoms with Crippen LogP contribution in [0, 0.1) is 12.7 Å². The monoisotopic (exact) mass is 468 g/mol. The lowest BCUT2D eigenvalue weighted by atomic mass is 10.2. The fourth-order valence-electron chi connectivity index (χ4n) is 3.40. The second-order valence-electron chi connectivity index (χ2n) is 7.39. The number of halogens is 2. The van der Waals surface area contributed by atoms with E-state index in [9.17, 15) is 17.6 Å². The maximum absolute atomic E-state index is 13.4. The fourth-order valence-corrected chi connectivity index (χ4v) is 5.17. The van der Waals surface area contributed by atoms with Crippen LogP contribution in [0.4, 0.5) is 4.39 Å². The summed E-state index contributed by atoms with van der Waals surface area (Å²) in [5.41, 5.74) is 1.45. The van der Waals surface area contributed by atoms with Gasteiger partial charge in [-0.15, -0.1) is 0 Å². The molecule has 0 bridgehead atoms. The van der Waals surface area contributed by atoms with Crippen LogP contribution in [-0.4, -0.2) is 59.5 Å². The quantitative estimate of drug-likeness (QED) is 0.584. The van der Waals surface area contributed by atoms with E-state index in [1.54, 1.807) is 15.7 Å². The molecule has 1 fully saturated rings. The molecule has 3 rings (SSSR count). The molecule has 1 aliphatic heterocycles. The third kappa shape index (κ3) is 5.34. The Morgan fingerprint density at radius 3 is 2.61 bits per heavy atom. The molecule has 1 aromatic heterocycles. The molecule has 7 nitrogen and oxygen atoms in total. The lowest BCUT2D eigenvalue weighted by Crippen LogP contribution is -2.50. The summed E-state index contributed by atoms with van der Waals surface area (Å²) in [5, 5.41) is 4.92. The van der Waals surface area contributed by atoms with E-state index in [0.29, 0.717) is 10.7 Å². The number of aromatic nitrogens is 2. The van der Waals surface area contributed by atoms with Crippen molar-refractivity contribution in [2.45, 2.75) is 38.1 Å². The minimum absolute atomic E-state index is 0.0858. The van der Waals surface area contributed by atoms with Crippen LogP contribution in [0.15, 0.2) is 35.2 Å². The smallest absolute Gasteiger partial charge is 0.246 e. The van der Waals surface area contributed by atoms with Crippen molar-refractivity contribution in [3.63, 3.8) is 0 Å². The molecule has 31 heavy (non-hydrogen) atoms. The first-order valence-corrected chi connectivity index (χ1v) is 12.0. The average Bonchev–Trinajstić information content (AvgIpc) is 3.03. The Bertz CT molecular complexity index is 1080. The highest BCUT2D eigenvalue weighted by Gasteiger charge is 2.29. The fraction of sp³-hybridized carbons (Fsp3) is 0.429. The number of benzene rings is 1. The maximum atomic E-state index is 13.4. The van der Waals surface area contributed by atoms with Gasteiger partial charge in [-0.25, -0.2) is 12.8 Å². The molecule has 1 aliphatic rings. The van der Waals surface area contributed by atoms with Crippen molar-refractivity contribution in [3.8, 4) is 0 Å². The van der Waals surface area contributed by atoms with Gasteiger partial charge in [0, 0.05) is 44.4 Å². The predicted octanol–water partition coefficient (Wildman–Crippen LogP) is 3.33. The van der Waals surface area contributed by atoms with Crippen molar-refractivity contribution < 1.29 is 17.6 Å². The Kier molecular flexibility index (Phi) is 7.51. The van der Waals surface area contributed by atoms with E-state index < -0.39 is 15.8 Å². The largest absolute Gasteiger partial charge is 0.337 e. The third-order valence-electron chi connectivity index (χ3n) is 5.21. The van der Waals surface area contributed by atoms with Gasteiger partial charge < -0.3 is 4.90 Å². The van der Waals surface area contributed by atoms with Crippen molar-refractivity contribution in [3.05, 3.63) is 52.6 Å². The molecule has 0 radical (unpaired) electrons. The first-order chi connectivity index (χ1) is 14.7. The highest BCUT2D eigenvalue weighted by molar-refractivity contribution is 7.89. The zero-order valence-corrected chi connectivity index (χ0v) is 19.2. The number of hydrogen-bond donors (Lipinski definition) is 0. The summed E-state index contributed by atoms with van der Waals surface area (Å²) in [6.45, 7) is 5.45. The van der Waals surface area contributed by atoms with Crippen LogP contribution in [0.25, 0.3) is 6.08 Å². The van der Waals surface area contributed by atoms with Crippen molar-refractivity contribution in [2.24, 2.45) is 0 Å². The number of carbonyl (C=O) groups excluding carboxylic acids is 1. The highest BCUT2D eigenvalue weighted by atomic mass is 35.5. The van der Waals surface area contributed by atoms with Gasteiger partial charge >= 0.3 is 0 Å². The molecule has 10 heteroatoms. The molecular weight excluding hydrogens is 443 g/mol. The summed E-state index contributed by atoms with van der Waals surface area (Å²) >= 11 is 6.40. The van der Waals surface area contributed by atoms with Crippen molar-refractivity contribution >= 4 is 33.6 Å². The number of aryl methyl sites for hydroxylation is 2. The van der Waals surface area contributed by atoms with E-state index in [-0.39, 0.29) is 37.0 Å². The molecular formula is C21H26ClFN4O3S. The normalized spacial score (nSPS) is 15.7. The van der Waals surface area contributed by atoms with Gasteiger partial charge in [0.2, 0.25) is 15.9 Å². The summed E-state index contributed by atoms with van der Waals surface area (Å²) in [5.74, 6) is -0.827. The number of amides is 1. The van der Waals surface area contributed by atoms with Crippen molar-refractivity contribution in [1.29, 1.82) is 0 Å². The molecule has 0 atom stereocenters. The average molecular weight is 469 g/mol. The Hall–Kier alpha value is -2.23. The molecule has 1 saturated heterocycles. The van der Waals surface area contributed by atoms with Crippen LogP contribution in [0.1, 0.15) is 31.0 Å². The Morgan fingerprint density at radius 1 is 1.26 bits per heavy atom. The molecule has 0 aliphatic carbocycles. The van der Waals surface area contributed by atoms with Crippen LogP contribution in [0.2, 0.25) is 5.15 Å². The van der Waals surface area contributed by atoms with Crippen LogP contribution in [-0.2, 0) is 21.4 Å². The van der Waals surface area contributed by atoms with E-state index in [1.807, 2.05) is 6.92 Å². The van der Waals surface area contributed by atoms with Gasteiger partial charge in [-0.2, -0.15) is 9.40 Å². The molecule has 0 spiro atoms.